The molecule has 1 unspecified atom stereocenters. The van der Waals surface area contributed by atoms with Gasteiger partial charge in [0.05, 0.1) is 6.10 Å². The zero-order valence-corrected chi connectivity index (χ0v) is 11.8. The maximum absolute atomic E-state index is 10.2. The fraction of sp³-hybridized carbons (Fsp3) is 0.625. The second-order valence-corrected chi connectivity index (χ2v) is 5.86. The van der Waals surface area contributed by atoms with Crippen LogP contribution in [-0.2, 0) is 0 Å². The first-order chi connectivity index (χ1) is 8.58. The molecule has 2 rings (SSSR count). The predicted octanol–water partition coefficient (Wildman–Crippen LogP) is 3.33. The Labute approximate surface area is 111 Å². The van der Waals surface area contributed by atoms with Gasteiger partial charge in [-0.25, -0.2) is 0 Å². The highest BCUT2D eigenvalue weighted by molar-refractivity contribution is 5.26. The quantitative estimate of drug-likeness (QED) is 0.862. The lowest BCUT2D eigenvalue weighted by Gasteiger charge is -2.35. The van der Waals surface area contributed by atoms with Crippen LogP contribution in [0.4, 0.5) is 0 Å². The highest BCUT2D eigenvalue weighted by Gasteiger charge is 2.23. The number of hydrogen-bond acceptors (Lipinski definition) is 2. The summed E-state index contributed by atoms with van der Waals surface area (Å²) < 4.78 is 0. The molecule has 0 spiro atoms. The predicted molar refractivity (Wildman–Crippen MR) is 75.8 cm³/mol. The van der Waals surface area contributed by atoms with Crippen LogP contribution in [-0.4, -0.2) is 29.6 Å². The molecule has 2 heteroatoms. The van der Waals surface area contributed by atoms with Crippen molar-refractivity contribution in [1.29, 1.82) is 0 Å². The van der Waals surface area contributed by atoms with E-state index in [1.54, 1.807) is 0 Å². The molecule has 100 valence electrons. The Kier molecular flexibility index (Phi) is 4.41. The Bertz CT molecular complexity index is 367. The zero-order chi connectivity index (χ0) is 13.1. The fourth-order valence-electron chi connectivity index (χ4n) is 2.46. The molecule has 18 heavy (non-hydrogen) atoms. The van der Waals surface area contributed by atoms with Gasteiger partial charge in [0.1, 0.15) is 0 Å². The summed E-state index contributed by atoms with van der Waals surface area (Å²) in [5.41, 5.74) is 2.36. The monoisotopic (exact) mass is 247 g/mol. The van der Waals surface area contributed by atoms with Gasteiger partial charge in [-0.2, -0.15) is 0 Å². The van der Waals surface area contributed by atoms with Gasteiger partial charge in [-0.15, -0.1) is 0 Å². The Morgan fingerprint density at radius 2 is 1.72 bits per heavy atom. The van der Waals surface area contributed by atoms with Crippen molar-refractivity contribution >= 4 is 0 Å². The second kappa shape index (κ2) is 5.85. The summed E-state index contributed by atoms with van der Waals surface area (Å²) in [6.07, 6.45) is 3.55. The molecular formula is C16H25NO. The highest BCUT2D eigenvalue weighted by Crippen LogP contribution is 2.26. The number of aliphatic hydroxyl groups excluding tert-OH is 1. The van der Waals surface area contributed by atoms with Crippen molar-refractivity contribution in [2.45, 2.75) is 51.2 Å². The summed E-state index contributed by atoms with van der Waals surface area (Å²) in [6, 6.07) is 9.08. The summed E-state index contributed by atoms with van der Waals surface area (Å²) in [7, 11) is 2.12. The van der Waals surface area contributed by atoms with Gasteiger partial charge in [0.15, 0.2) is 0 Å². The normalized spacial score (nSPS) is 18.1. The van der Waals surface area contributed by atoms with E-state index in [1.165, 1.54) is 24.8 Å². The van der Waals surface area contributed by atoms with Gasteiger partial charge < -0.3 is 10.0 Å². The van der Waals surface area contributed by atoms with Crippen molar-refractivity contribution in [2.75, 3.05) is 13.6 Å². The average Bonchev–Trinajstić information content (AvgIpc) is 2.26. The number of nitrogens with zero attached hydrogens (tertiary/aromatic N) is 1. The minimum atomic E-state index is -0.364. The summed E-state index contributed by atoms with van der Waals surface area (Å²) in [4.78, 5) is 2.30. The molecule has 1 aromatic carbocycles. The molecule has 1 atom stereocenters. The van der Waals surface area contributed by atoms with E-state index in [0.717, 1.165) is 12.1 Å². The van der Waals surface area contributed by atoms with Gasteiger partial charge in [-0.1, -0.05) is 44.5 Å². The lowest BCUT2D eigenvalue weighted by Crippen LogP contribution is -2.39. The molecule has 2 nitrogen and oxygen atoms in total. The lowest BCUT2D eigenvalue weighted by molar-refractivity contribution is 0.0776. The molecule has 1 saturated carbocycles. The number of rotatable bonds is 5. The largest absolute Gasteiger partial charge is 0.387 e. The first-order valence-electron chi connectivity index (χ1n) is 7.06. The van der Waals surface area contributed by atoms with Crippen molar-refractivity contribution in [2.24, 2.45) is 0 Å². The van der Waals surface area contributed by atoms with Crippen LogP contribution in [0.1, 0.15) is 56.3 Å². The van der Waals surface area contributed by atoms with Crippen LogP contribution in [0.2, 0.25) is 0 Å². The molecule has 0 saturated heterocycles. The summed E-state index contributed by atoms with van der Waals surface area (Å²) in [6.45, 7) is 5.12. The maximum Gasteiger partial charge on any atom is 0.0916 e. The Balaban J connectivity index is 1.93. The van der Waals surface area contributed by atoms with E-state index in [1.807, 2.05) is 0 Å². The number of benzene rings is 1. The molecule has 1 N–H and O–H groups in total. The zero-order valence-electron chi connectivity index (χ0n) is 11.8. The number of hydrogen-bond donors (Lipinski definition) is 1. The molecular weight excluding hydrogens is 222 g/mol. The number of aliphatic hydroxyl groups is 1. The Hall–Kier alpha value is -0.860. The SMILES string of the molecule is CC(C)c1ccc(C(O)CN(C)C2CCC2)cc1. The maximum atomic E-state index is 10.2. The van der Waals surface area contributed by atoms with Crippen LogP contribution in [0.25, 0.3) is 0 Å². The fourth-order valence-corrected chi connectivity index (χ4v) is 2.46. The van der Waals surface area contributed by atoms with Gasteiger partial charge in [0.2, 0.25) is 0 Å². The molecule has 1 aliphatic rings. The van der Waals surface area contributed by atoms with Crippen molar-refractivity contribution in [1.82, 2.24) is 4.90 Å². The molecule has 0 aliphatic heterocycles. The molecule has 1 aromatic rings. The summed E-state index contributed by atoms with van der Waals surface area (Å²) in [5.74, 6) is 0.550. The number of likely N-dealkylation sites (N-methyl/N-ethyl adjacent to an activating group) is 1. The topological polar surface area (TPSA) is 23.5 Å². The molecule has 0 radical (unpaired) electrons. The van der Waals surface area contributed by atoms with Gasteiger partial charge in [0.25, 0.3) is 0 Å². The van der Waals surface area contributed by atoms with Crippen molar-refractivity contribution in [3.05, 3.63) is 35.4 Å². The standard InChI is InChI=1S/C16H25NO/c1-12(2)13-7-9-14(10-8-13)16(18)11-17(3)15-5-4-6-15/h7-10,12,15-16,18H,4-6,11H2,1-3H3. The van der Waals surface area contributed by atoms with E-state index in [-0.39, 0.29) is 6.10 Å². The molecule has 0 heterocycles. The second-order valence-electron chi connectivity index (χ2n) is 5.86. The van der Waals surface area contributed by atoms with E-state index in [9.17, 15) is 5.11 Å². The third-order valence-electron chi connectivity index (χ3n) is 4.15. The smallest absolute Gasteiger partial charge is 0.0916 e. The van der Waals surface area contributed by atoms with Crippen molar-refractivity contribution in [3.8, 4) is 0 Å². The van der Waals surface area contributed by atoms with Crippen LogP contribution < -0.4 is 0 Å². The molecule has 0 amide bonds. The van der Waals surface area contributed by atoms with E-state index >= 15 is 0 Å². The van der Waals surface area contributed by atoms with E-state index in [4.69, 9.17) is 0 Å². The van der Waals surface area contributed by atoms with Gasteiger partial charge in [0, 0.05) is 12.6 Å². The molecule has 0 aromatic heterocycles. The van der Waals surface area contributed by atoms with E-state index in [0.29, 0.717) is 12.0 Å². The van der Waals surface area contributed by atoms with Crippen LogP contribution >= 0.6 is 0 Å². The minimum Gasteiger partial charge on any atom is -0.387 e. The average molecular weight is 247 g/mol. The third-order valence-corrected chi connectivity index (χ3v) is 4.15. The third kappa shape index (κ3) is 3.12. The molecule has 1 fully saturated rings. The molecule has 0 bridgehead atoms. The Morgan fingerprint density at radius 1 is 1.17 bits per heavy atom. The highest BCUT2D eigenvalue weighted by atomic mass is 16.3. The van der Waals surface area contributed by atoms with E-state index < -0.39 is 0 Å². The summed E-state index contributed by atoms with van der Waals surface area (Å²) in [5, 5.41) is 10.2. The van der Waals surface area contributed by atoms with Gasteiger partial charge in [-0.3, -0.25) is 0 Å². The van der Waals surface area contributed by atoms with Gasteiger partial charge in [-0.05, 0) is 36.9 Å². The van der Waals surface area contributed by atoms with Crippen LogP contribution in [0.5, 0.6) is 0 Å². The van der Waals surface area contributed by atoms with Crippen LogP contribution in [0.15, 0.2) is 24.3 Å². The first-order valence-corrected chi connectivity index (χ1v) is 7.06. The van der Waals surface area contributed by atoms with Gasteiger partial charge >= 0.3 is 0 Å². The van der Waals surface area contributed by atoms with Crippen LogP contribution in [0.3, 0.4) is 0 Å². The minimum absolute atomic E-state index is 0.364. The van der Waals surface area contributed by atoms with Crippen molar-refractivity contribution in [3.63, 3.8) is 0 Å². The van der Waals surface area contributed by atoms with Crippen molar-refractivity contribution < 1.29 is 5.11 Å². The first kappa shape index (κ1) is 13.6. The van der Waals surface area contributed by atoms with Crippen LogP contribution in [0, 0.1) is 0 Å². The Morgan fingerprint density at radius 3 is 2.17 bits per heavy atom. The van der Waals surface area contributed by atoms with E-state index in [2.05, 4.69) is 50.1 Å². The lowest BCUT2D eigenvalue weighted by atomic mass is 9.91. The molecule has 1 aliphatic carbocycles. The summed E-state index contributed by atoms with van der Waals surface area (Å²) >= 11 is 0.